The van der Waals surface area contributed by atoms with Crippen molar-refractivity contribution < 1.29 is 13.2 Å². The van der Waals surface area contributed by atoms with Gasteiger partial charge in [-0.15, -0.1) is 0 Å². The van der Waals surface area contributed by atoms with Crippen molar-refractivity contribution in [1.29, 1.82) is 0 Å². The first-order chi connectivity index (χ1) is 13.1. The maximum atomic E-state index is 13.2. The summed E-state index contributed by atoms with van der Waals surface area (Å²) < 4.78 is 29.5. The van der Waals surface area contributed by atoms with Gasteiger partial charge in [0.25, 0.3) is 0 Å². The predicted octanol–water partition coefficient (Wildman–Crippen LogP) is 2.82. The van der Waals surface area contributed by atoms with E-state index in [1.54, 1.807) is 18.5 Å². The van der Waals surface area contributed by atoms with E-state index in [1.807, 2.05) is 18.7 Å². The Morgan fingerprint density at radius 3 is 2.14 bits per heavy atom. The van der Waals surface area contributed by atoms with Crippen LogP contribution in [0.5, 0.6) is 0 Å². The zero-order valence-corrected chi connectivity index (χ0v) is 19.0. The zero-order chi connectivity index (χ0) is 21.1. The van der Waals surface area contributed by atoms with Crippen molar-refractivity contribution in [2.45, 2.75) is 72.2 Å². The van der Waals surface area contributed by atoms with Crippen LogP contribution in [0, 0.1) is 25.7 Å². The maximum absolute atomic E-state index is 13.2. The lowest BCUT2D eigenvalue weighted by Crippen LogP contribution is -2.44. The van der Waals surface area contributed by atoms with Gasteiger partial charge in [-0.2, -0.15) is 9.40 Å². The van der Waals surface area contributed by atoms with Crippen LogP contribution in [0.1, 0.15) is 58.3 Å². The van der Waals surface area contributed by atoms with Gasteiger partial charge in [0.05, 0.1) is 11.4 Å². The van der Waals surface area contributed by atoms with Crippen molar-refractivity contribution in [2.24, 2.45) is 11.8 Å². The van der Waals surface area contributed by atoms with E-state index in [-0.39, 0.29) is 17.3 Å². The Hall–Kier alpha value is -1.41. The second kappa shape index (κ2) is 9.39. The lowest BCUT2D eigenvalue weighted by molar-refractivity contribution is -0.134. The molecule has 1 saturated heterocycles. The zero-order valence-electron chi connectivity index (χ0n) is 18.2. The Morgan fingerprint density at radius 2 is 1.64 bits per heavy atom. The first-order valence-corrected chi connectivity index (χ1v) is 11.9. The molecule has 28 heavy (non-hydrogen) atoms. The summed E-state index contributed by atoms with van der Waals surface area (Å²) in [4.78, 5) is 15.0. The molecular formula is C20H36N4O3S. The lowest BCUT2D eigenvalue weighted by atomic mass is 9.92. The van der Waals surface area contributed by atoms with Crippen molar-refractivity contribution in [3.05, 3.63) is 11.4 Å². The van der Waals surface area contributed by atoms with Crippen molar-refractivity contribution in [1.82, 2.24) is 19.0 Å². The predicted molar refractivity (Wildman–Crippen MR) is 111 cm³/mol. The van der Waals surface area contributed by atoms with Crippen LogP contribution in [-0.2, 0) is 21.4 Å². The topological polar surface area (TPSA) is 75.5 Å². The number of hydrogen-bond donors (Lipinski definition) is 0. The van der Waals surface area contributed by atoms with Gasteiger partial charge in [-0.05, 0) is 44.9 Å². The molecule has 0 bridgehead atoms. The Balaban J connectivity index is 2.26. The van der Waals surface area contributed by atoms with Crippen molar-refractivity contribution >= 4 is 15.9 Å². The van der Waals surface area contributed by atoms with Crippen LogP contribution < -0.4 is 0 Å². The summed E-state index contributed by atoms with van der Waals surface area (Å²) in [6, 6.07) is 0. The maximum Gasteiger partial charge on any atom is 0.246 e. The lowest BCUT2D eigenvalue weighted by Gasteiger charge is -2.35. The number of hydrogen-bond acceptors (Lipinski definition) is 4. The van der Waals surface area contributed by atoms with E-state index in [1.165, 1.54) is 4.31 Å². The number of likely N-dealkylation sites (tertiary alicyclic amines) is 1. The summed E-state index contributed by atoms with van der Waals surface area (Å²) in [6.07, 6.45) is 2.65. The minimum absolute atomic E-state index is 0.00641. The standard InChI is InChI=1S/C20H36N4O3S/c1-7-9-23(10-8-2)28(26,27)20-17(5)21-24(18(20)6)14-19(25)22-12-15(3)11-16(4)13-22/h15-16H,7-14H2,1-6H3. The second-order valence-corrected chi connectivity index (χ2v) is 10.2. The third-order valence-corrected chi connectivity index (χ3v) is 7.52. The summed E-state index contributed by atoms with van der Waals surface area (Å²) in [7, 11) is -3.62. The molecule has 0 aromatic carbocycles. The number of sulfonamides is 1. The minimum atomic E-state index is -3.62. The van der Waals surface area contributed by atoms with Crippen molar-refractivity contribution in [3.63, 3.8) is 0 Å². The largest absolute Gasteiger partial charge is 0.341 e. The molecule has 0 saturated carbocycles. The van der Waals surface area contributed by atoms with Gasteiger partial charge in [-0.1, -0.05) is 27.7 Å². The summed E-state index contributed by atoms with van der Waals surface area (Å²) in [5.41, 5.74) is 1.00. The van der Waals surface area contributed by atoms with Gasteiger partial charge in [0.2, 0.25) is 15.9 Å². The summed E-state index contributed by atoms with van der Waals surface area (Å²) >= 11 is 0. The van der Waals surface area contributed by atoms with Gasteiger partial charge in [0.1, 0.15) is 11.4 Å². The van der Waals surface area contributed by atoms with E-state index < -0.39 is 10.0 Å². The first kappa shape index (κ1) is 22.9. The molecule has 2 heterocycles. The molecule has 2 atom stereocenters. The minimum Gasteiger partial charge on any atom is -0.341 e. The second-order valence-electron chi connectivity index (χ2n) is 8.31. The molecule has 1 aromatic heterocycles. The molecule has 0 N–H and O–H groups in total. The third kappa shape index (κ3) is 4.95. The molecule has 0 aliphatic carbocycles. The summed E-state index contributed by atoms with van der Waals surface area (Å²) in [5.74, 6) is 0.980. The van der Waals surface area contributed by atoms with Crippen LogP contribution in [0.4, 0.5) is 0 Å². The molecule has 7 nitrogen and oxygen atoms in total. The van der Waals surface area contributed by atoms with E-state index in [0.717, 1.165) is 32.4 Å². The number of carbonyl (C=O) groups is 1. The van der Waals surface area contributed by atoms with E-state index in [0.29, 0.717) is 36.3 Å². The van der Waals surface area contributed by atoms with Gasteiger partial charge in [-0.3, -0.25) is 9.48 Å². The Kier molecular flexibility index (Phi) is 7.67. The SMILES string of the molecule is CCCN(CCC)S(=O)(=O)c1c(C)nn(CC(=O)N2CC(C)CC(C)C2)c1C. The van der Waals surface area contributed by atoms with Gasteiger partial charge >= 0.3 is 0 Å². The number of rotatable bonds is 8. The third-order valence-electron chi connectivity index (χ3n) is 5.37. The highest BCUT2D eigenvalue weighted by Gasteiger charge is 2.31. The number of aryl methyl sites for hydroxylation is 1. The van der Waals surface area contributed by atoms with E-state index in [9.17, 15) is 13.2 Å². The highest BCUT2D eigenvalue weighted by molar-refractivity contribution is 7.89. The molecule has 1 aliphatic heterocycles. The molecule has 2 rings (SSSR count). The van der Waals surface area contributed by atoms with Crippen LogP contribution >= 0.6 is 0 Å². The molecule has 1 amide bonds. The number of piperidine rings is 1. The monoisotopic (exact) mass is 412 g/mol. The number of nitrogens with zero attached hydrogens (tertiary/aromatic N) is 4. The molecule has 2 unspecified atom stereocenters. The van der Waals surface area contributed by atoms with Gasteiger partial charge < -0.3 is 4.90 Å². The molecule has 160 valence electrons. The van der Waals surface area contributed by atoms with Crippen LogP contribution in [0.2, 0.25) is 0 Å². The quantitative estimate of drug-likeness (QED) is 0.658. The van der Waals surface area contributed by atoms with E-state index >= 15 is 0 Å². The molecule has 1 aliphatic rings. The Bertz CT molecular complexity index is 772. The van der Waals surface area contributed by atoms with Crippen molar-refractivity contribution in [3.8, 4) is 0 Å². The van der Waals surface area contributed by atoms with Gasteiger partial charge in [0.15, 0.2) is 0 Å². The number of aromatic nitrogens is 2. The highest BCUT2D eigenvalue weighted by atomic mass is 32.2. The van der Waals surface area contributed by atoms with Crippen LogP contribution in [0.25, 0.3) is 0 Å². The Labute approximate surface area is 170 Å². The Morgan fingerprint density at radius 1 is 1.11 bits per heavy atom. The van der Waals surface area contributed by atoms with Gasteiger partial charge in [0, 0.05) is 26.2 Å². The normalized spacial score (nSPS) is 20.8. The fourth-order valence-corrected chi connectivity index (χ4v) is 6.28. The summed E-state index contributed by atoms with van der Waals surface area (Å²) in [5, 5.41) is 4.42. The van der Waals surface area contributed by atoms with Crippen LogP contribution in [-0.4, -0.2) is 59.5 Å². The first-order valence-electron chi connectivity index (χ1n) is 10.4. The molecule has 1 aromatic rings. The molecule has 8 heteroatoms. The average Bonchev–Trinajstić information content (AvgIpc) is 2.87. The van der Waals surface area contributed by atoms with Crippen LogP contribution in [0.15, 0.2) is 4.90 Å². The van der Waals surface area contributed by atoms with E-state index in [2.05, 4.69) is 18.9 Å². The summed E-state index contributed by atoms with van der Waals surface area (Å²) in [6.45, 7) is 14.3. The molecule has 0 spiro atoms. The highest BCUT2D eigenvalue weighted by Crippen LogP contribution is 2.25. The van der Waals surface area contributed by atoms with Crippen molar-refractivity contribution in [2.75, 3.05) is 26.2 Å². The fraction of sp³-hybridized carbons (Fsp3) is 0.800. The van der Waals surface area contributed by atoms with Crippen LogP contribution in [0.3, 0.4) is 0 Å². The number of amides is 1. The molecule has 0 radical (unpaired) electrons. The van der Waals surface area contributed by atoms with E-state index in [4.69, 9.17) is 0 Å². The smallest absolute Gasteiger partial charge is 0.246 e. The van der Waals surface area contributed by atoms with Gasteiger partial charge in [-0.25, -0.2) is 8.42 Å². The molecular weight excluding hydrogens is 376 g/mol. The fourth-order valence-electron chi connectivity index (χ4n) is 4.28. The molecule has 1 fully saturated rings. The number of carbonyl (C=O) groups excluding carboxylic acids is 1. The average molecular weight is 413 g/mol.